The van der Waals surface area contributed by atoms with Gasteiger partial charge in [0.15, 0.2) is 5.58 Å². The molecule has 2 heterocycles. The predicted octanol–water partition coefficient (Wildman–Crippen LogP) is 1.23. The van der Waals surface area contributed by atoms with E-state index in [0.717, 1.165) is 43.7 Å². The predicted molar refractivity (Wildman–Crippen MR) is 62.2 cm³/mol. The van der Waals surface area contributed by atoms with Crippen molar-refractivity contribution in [1.82, 2.24) is 15.4 Å². The molecule has 0 amide bonds. The fraction of sp³-hybridized carbons (Fsp3) is 0.417. The van der Waals surface area contributed by atoms with Crippen LogP contribution in [0.25, 0.3) is 11.0 Å². The Balaban J connectivity index is 1.85. The third kappa shape index (κ3) is 1.81. The molecule has 0 radical (unpaired) electrons. The second-order valence-electron chi connectivity index (χ2n) is 4.18. The van der Waals surface area contributed by atoms with Gasteiger partial charge < -0.3 is 9.84 Å². The summed E-state index contributed by atoms with van der Waals surface area (Å²) < 4.78 is 5.17. The van der Waals surface area contributed by atoms with Gasteiger partial charge >= 0.3 is 0 Å². The summed E-state index contributed by atoms with van der Waals surface area (Å²) in [6.07, 6.45) is 1.81. The van der Waals surface area contributed by atoms with Gasteiger partial charge in [-0.25, -0.2) is 0 Å². The van der Waals surface area contributed by atoms with Gasteiger partial charge in [-0.2, -0.15) is 0 Å². The number of benzene rings is 1. The number of hydrogen-bond donors (Lipinski definition) is 1. The number of aromatic nitrogens is 1. The zero-order valence-electron chi connectivity index (χ0n) is 9.15. The lowest BCUT2D eigenvalue weighted by atomic mass is 10.1. The maximum absolute atomic E-state index is 5.17. The average molecular weight is 217 g/mol. The van der Waals surface area contributed by atoms with Gasteiger partial charge in [-0.15, -0.1) is 0 Å². The van der Waals surface area contributed by atoms with Crippen LogP contribution in [0.15, 0.2) is 28.9 Å². The summed E-state index contributed by atoms with van der Waals surface area (Å²) in [5.74, 6) is 0. The average Bonchev–Trinajstić information content (AvgIpc) is 2.80. The summed E-state index contributed by atoms with van der Waals surface area (Å²) >= 11 is 0. The van der Waals surface area contributed by atoms with Crippen LogP contribution in [-0.4, -0.2) is 36.2 Å². The summed E-state index contributed by atoms with van der Waals surface area (Å²) in [4.78, 5) is 2.46. The molecule has 16 heavy (non-hydrogen) atoms. The molecule has 1 aromatic carbocycles. The molecule has 1 fully saturated rings. The molecule has 1 aliphatic heterocycles. The van der Waals surface area contributed by atoms with E-state index < -0.39 is 0 Å². The van der Waals surface area contributed by atoms with Gasteiger partial charge in [-0.05, 0) is 11.6 Å². The quantitative estimate of drug-likeness (QED) is 0.821. The minimum atomic E-state index is 0.882. The van der Waals surface area contributed by atoms with E-state index in [0.29, 0.717) is 0 Å². The molecule has 0 aliphatic carbocycles. The van der Waals surface area contributed by atoms with Crippen molar-refractivity contribution in [3.63, 3.8) is 0 Å². The van der Waals surface area contributed by atoms with Crippen LogP contribution in [0.3, 0.4) is 0 Å². The molecule has 84 valence electrons. The van der Waals surface area contributed by atoms with Crippen molar-refractivity contribution in [3.05, 3.63) is 30.0 Å². The topological polar surface area (TPSA) is 41.3 Å². The number of piperazine rings is 1. The van der Waals surface area contributed by atoms with Crippen molar-refractivity contribution in [2.75, 3.05) is 26.2 Å². The van der Waals surface area contributed by atoms with E-state index in [9.17, 15) is 0 Å². The van der Waals surface area contributed by atoms with E-state index in [4.69, 9.17) is 4.52 Å². The molecule has 0 unspecified atom stereocenters. The minimum absolute atomic E-state index is 0.882. The van der Waals surface area contributed by atoms with E-state index in [2.05, 4.69) is 21.4 Å². The Hall–Kier alpha value is -1.39. The largest absolute Gasteiger partial charge is 0.356 e. The Morgan fingerprint density at radius 1 is 1.31 bits per heavy atom. The Morgan fingerprint density at radius 3 is 3.06 bits per heavy atom. The van der Waals surface area contributed by atoms with Gasteiger partial charge in [0.2, 0.25) is 0 Å². The fourth-order valence-corrected chi connectivity index (χ4v) is 2.20. The van der Waals surface area contributed by atoms with Crippen LogP contribution in [0, 0.1) is 0 Å². The molecule has 0 atom stereocenters. The Morgan fingerprint density at radius 2 is 2.19 bits per heavy atom. The molecule has 3 rings (SSSR count). The molecule has 2 aromatic rings. The van der Waals surface area contributed by atoms with E-state index >= 15 is 0 Å². The van der Waals surface area contributed by atoms with Crippen molar-refractivity contribution < 1.29 is 4.52 Å². The highest BCUT2D eigenvalue weighted by molar-refractivity contribution is 5.79. The van der Waals surface area contributed by atoms with Crippen molar-refractivity contribution in [2.24, 2.45) is 0 Å². The van der Waals surface area contributed by atoms with Gasteiger partial charge in [0, 0.05) is 38.1 Å². The highest BCUT2D eigenvalue weighted by atomic mass is 16.5. The lowest BCUT2D eigenvalue weighted by molar-refractivity contribution is 0.234. The normalized spacial score (nSPS) is 18.0. The van der Waals surface area contributed by atoms with E-state index in [1.54, 1.807) is 0 Å². The first-order valence-corrected chi connectivity index (χ1v) is 5.69. The lowest BCUT2D eigenvalue weighted by Gasteiger charge is -2.27. The van der Waals surface area contributed by atoms with Gasteiger partial charge in [0.1, 0.15) is 0 Å². The molecule has 0 saturated carbocycles. The van der Waals surface area contributed by atoms with E-state index in [-0.39, 0.29) is 0 Å². The molecule has 4 nitrogen and oxygen atoms in total. The highest BCUT2D eigenvalue weighted by Gasteiger charge is 2.12. The van der Waals surface area contributed by atoms with Crippen LogP contribution in [-0.2, 0) is 6.54 Å². The molecular weight excluding hydrogens is 202 g/mol. The first-order chi connectivity index (χ1) is 7.93. The molecule has 1 aliphatic rings. The van der Waals surface area contributed by atoms with Gasteiger partial charge in [-0.3, -0.25) is 4.90 Å². The van der Waals surface area contributed by atoms with Gasteiger partial charge in [0.25, 0.3) is 0 Å². The maximum atomic E-state index is 5.17. The second-order valence-corrected chi connectivity index (χ2v) is 4.18. The Kier molecular flexibility index (Phi) is 2.60. The van der Waals surface area contributed by atoms with Crippen LogP contribution in [0.2, 0.25) is 0 Å². The summed E-state index contributed by atoms with van der Waals surface area (Å²) in [6.45, 7) is 5.38. The van der Waals surface area contributed by atoms with E-state index in [1.165, 1.54) is 5.56 Å². The highest BCUT2D eigenvalue weighted by Crippen LogP contribution is 2.19. The van der Waals surface area contributed by atoms with Crippen molar-refractivity contribution in [2.45, 2.75) is 6.54 Å². The van der Waals surface area contributed by atoms with Crippen molar-refractivity contribution >= 4 is 11.0 Å². The minimum Gasteiger partial charge on any atom is -0.356 e. The monoisotopic (exact) mass is 217 g/mol. The smallest absolute Gasteiger partial charge is 0.167 e. The van der Waals surface area contributed by atoms with Crippen molar-refractivity contribution in [1.29, 1.82) is 0 Å². The van der Waals surface area contributed by atoms with Crippen LogP contribution < -0.4 is 5.32 Å². The molecule has 1 saturated heterocycles. The molecule has 4 heteroatoms. The van der Waals surface area contributed by atoms with Crippen LogP contribution in [0.1, 0.15) is 5.56 Å². The molecule has 0 bridgehead atoms. The SMILES string of the molecule is c1cc(CN2CCNCC2)c2cnoc2c1. The summed E-state index contributed by atoms with van der Waals surface area (Å²) in [5.41, 5.74) is 2.19. The summed E-state index contributed by atoms with van der Waals surface area (Å²) in [7, 11) is 0. The fourth-order valence-electron chi connectivity index (χ4n) is 2.20. The molecular formula is C12H15N3O. The number of fused-ring (bicyclic) bond motifs is 1. The zero-order valence-corrected chi connectivity index (χ0v) is 9.15. The zero-order chi connectivity index (χ0) is 10.8. The van der Waals surface area contributed by atoms with Crippen LogP contribution in [0.4, 0.5) is 0 Å². The third-order valence-corrected chi connectivity index (χ3v) is 3.09. The van der Waals surface area contributed by atoms with Gasteiger partial charge in [-0.1, -0.05) is 17.3 Å². The van der Waals surface area contributed by atoms with Crippen molar-refractivity contribution in [3.8, 4) is 0 Å². The van der Waals surface area contributed by atoms with E-state index in [1.807, 2.05) is 18.3 Å². The Labute approximate surface area is 94.2 Å². The standard InChI is InChI=1S/C12H15N3O/c1-2-10(9-15-6-4-13-5-7-15)11-8-14-16-12(11)3-1/h1-3,8,13H,4-7,9H2. The first kappa shape index (κ1) is 9.81. The summed E-state index contributed by atoms with van der Waals surface area (Å²) in [5, 5.41) is 8.35. The molecule has 1 aromatic heterocycles. The van der Waals surface area contributed by atoms with Crippen LogP contribution >= 0.6 is 0 Å². The number of hydrogen-bond acceptors (Lipinski definition) is 4. The first-order valence-electron chi connectivity index (χ1n) is 5.69. The van der Waals surface area contributed by atoms with Gasteiger partial charge in [0.05, 0.1) is 6.20 Å². The second kappa shape index (κ2) is 4.23. The molecule has 1 N–H and O–H groups in total. The lowest BCUT2D eigenvalue weighted by Crippen LogP contribution is -2.42. The maximum Gasteiger partial charge on any atom is 0.167 e. The third-order valence-electron chi connectivity index (χ3n) is 3.09. The van der Waals surface area contributed by atoms with Crippen LogP contribution in [0.5, 0.6) is 0 Å². The number of nitrogens with zero attached hydrogens (tertiary/aromatic N) is 2. The number of rotatable bonds is 2. The summed E-state index contributed by atoms with van der Waals surface area (Å²) in [6, 6.07) is 6.15. The number of nitrogens with one attached hydrogen (secondary N) is 1. The molecule has 0 spiro atoms. The Bertz CT molecular complexity index is 474.